The molecule has 38 heavy (non-hydrogen) atoms. The van der Waals surface area contributed by atoms with Crippen molar-refractivity contribution in [1.82, 2.24) is 9.78 Å². The van der Waals surface area contributed by atoms with Crippen LogP contribution in [0, 0.1) is 18.6 Å². The zero-order valence-electron chi connectivity index (χ0n) is 21.0. The van der Waals surface area contributed by atoms with Crippen LogP contribution in [0.4, 0.5) is 38.1 Å². The summed E-state index contributed by atoms with van der Waals surface area (Å²) in [7, 11) is 1.52. The largest absolute Gasteiger partial charge is 0.573 e. The number of fused-ring (bicyclic) bond motifs is 1. The third-order valence-corrected chi connectivity index (χ3v) is 6.14. The number of aliphatic imine (C=N–C) groups is 1. The number of ether oxygens (including phenoxy) is 1. The first kappa shape index (κ1) is 26.9. The zero-order valence-corrected chi connectivity index (χ0v) is 21.0. The van der Waals surface area contributed by atoms with Crippen molar-refractivity contribution in [3.05, 3.63) is 58.8 Å². The molecule has 2 aromatic carbocycles. The number of alkyl halides is 3. The summed E-state index contributed by atoms with van der Waals surface area (Å²) < 4.78 is 73.1. The molecule has 0 unspecified atom stereocenters. The highest BCUT2D eigenvalue weighted by atomic mass is 19.4. The van der Waals surface area contributed by atoms with Gasteiger partial charge in [-0.15, -0.1) is 13.2 Å². The van der Waals surface area contributed by atoms with Crippen molar-refractivity contribution in [2.75, 3.05) is 23.8 Å². The third-order valence-electron chi connectivity index (χ3n) is 6.14. The Bertz CT molecular complexity index is 1430. The van der Waals surface area contributed by atoms with Crippen LogP contribution in [-0.2, 0) is 6.42 Å². The highest BCUT2D eigenvalue weighted by Crippen LogP contribution is 2.38. The predicted octanol–water partition coefficient (Wildman–Crippen LogP) is 5.55. The van der Waals surface area contributed by atoms with E-state index in [9.17, 15) is 22.4 Å². The number of hydrogen-bond donors (Lipinski definition) is 2. The van der Waals surface area contributed by atoms with Crippen molar-refractivity contribution in [2.45, 2.75) is 39.6 Å². The first-order chi connectivity index (χ1) is 17.8. The third kappa shape index (κ3) is 5.00. The van der Waals surface area contributed by atoms with Crippen molar-refractivity contribution in [2.24, 2.45) is 10.7 Å². The first-order valence-electron chi connectivity index (χ1n) is 11.6. The van der Waals surface area contributed by atoms with Gasteiger partial charge in [-0.2, -0.15) is 5.10 Å². The topological polar surface area (TPSA) is 97.8 Å². The van der Waals surface area contributed by atoms with Crippen LogP contribution in [0.15, 0.2) is 35.3 Å². The van der Waals surface area contributed by atoms with Gasteiger partial charge in [0.1, 0.15) is 28.9 Å². The Morgan fingerprint density at radius 2 is 1.92 bits per heavy atom. The molecule has 0 radical (unpaired) electrons. The number of nitrogens with zero attached hydrogens (tertiary/aromatic N) is 4. The van der Waals surface area contributed by atoms with E-state index in [1.54, 1.807) is 4.68 Å². The second-order valence-electron chi connectivity index (χ2n) is 8.90. The fourth-order valence-electron chi connectivity index (χ4n) is 4.45. The summed E-state index contributed by atoms with van der Waals surface area (Å²) >= 11 is 0. The van der Waals surface area contributed by atoms with E-state index in [1.165, 1.54) is 24.1 Å². The quantitative estimate of drug-likeness (QED) is 0.254. The Labute approximate surface area is 214 Å². The van der Waals surface area contributed by atoms with Gasteiger partial charge in [0.25, 0.3) is 0 Å². The molecule has 13 heteroatoms. The van der Waals surface area contributed by atoms with Gasteiger partial charge in [-0.05, 0) is 51.5 Å². The summed E-state index contributed by atoms with van der Waals surface area (Å²) in [5, 5.41) is 6.81. The van der Waals surface area contributed by atoms with Gasteiger partial charge >= 0.3 is 12.4 Å². The number of nitrogens with two attached hydrogens (primary N) is 1. The molecular weight excluding hydrogens is 511 g/mol. The van der Waals surface area contributed by atoms with E-state index in [0.717, 1.165) is 23.9 Å². The van der Waals surface area contributed by atoms with Crippen LogP contribution in [-0.4, -0.2) is 41.6 Å². The number of halogens is 5. The van der Waals surface area contributed by atoms with Crippen molar-refractivity contribution >= 4 is 23.2 Å². The number of urea groups is 1. The number of hydrogen-bond acceptors (Lipinski definition) is 4. The van der Waals surface area contributed by atoms with Gasteiger partial charge in [0.2, 0.25) is 0 Å². The van der Waals surface area contributed by atoms with E-state index < -0.39 is 35.5 Å². The molecule has 2 amide bonds. The van der Waals surface area contributed by atoms with E-state index in [1.807, 2.05) is 20.8 Å². The van der Waals surface area contributed by atoms with Gasteiger partial charge in [0.15, 0.2) is 0 Å². The van der Waals surface area contributed by atoms with Crippen LogP contribution in [0.1, 0.15) is 36.7 Å². The normalized spacial score (nSPS) is 13.7. The molecule has 4 rings (SSSR count). The van der Waals surface area contributed by atoms with Crippen LogP contribution in [0.5, 0.6) is 5.75 Å². The van der Waals surface area contributed by atoms with Crippen LogP contribution in [0.2, 0.25) is 0 Å². The highest BCUT2D eigenvalue weighted by molar-refractivity contribution is 6.05. The number of carbonyl (C=O) groups excluding carboxylic acids is 1. The maximum Gasteiger partial charge on any atom is 0.573 e. The van der Waals surface area contributed by atoms with Gasteiger partial charge in [-0.3, -0.25) is 14.6 Å². The molecule has 202 valence electrons. The van der Waals surface area contributed by atoms with Crippen molar-refractivity contribution in [1.29, 1.82) is 0 Å². The molecule has 0 spiro atoms. The van der Waals surface area contributed by atoms with Gasteiger partial charge in [-0.1, -0.05) is 0 Å². The molecular formula is C25H25F5N6O2. The maximum atomic E-state index is 15.8. The van der Waals surface area contributed by atoms with E-state index in [-0.39, 0.29) is 41.7 Å². The molecule has 0 fully saturated rings. The van der Waals surface area contributed by atoms with Gasteiger partial charge in [-0.25, -0.2) is 13.6 Å². The lowest BCUT2D eigenvalue weighted by molar-refractivity contribution is -0.274. The minimum Gasteiger partial charge on any atom is -0.406 e. The standard InChI is InChI=1S/C25H25F5N6O2/c1-12(2)36-13(3)20(23(31)32-4)22(34-36)16-6-8-19-15(21(16)27)9-10-35(19)24(37)33-18-11-14(5-7-17(18)26)38-25(28,29)30/h5-8,11-12H,9-10H2,1-4H3,(H2,31,32)(H,33,37). The molecule has 3 N–H and O–H groups in total. The number of nitrogens with one attached hydrogen (secondary N) is 1. The van der Waals surface area contributed by atoms with Crippen LogP contribution in [0.3, 0.4) is 0 Å². The number of benzene rings is 2. The van der Waals surface area contributed by atoms with Gasteiger partial charge in [0.05, 0.1) is 16.9 Å². The zero-order chi connectivity index (χ0) is 27.9. The average Bonchev–Trinajstić information content (AvgIpc) is 3.42. The number of aromatic nitrogens is 2. The Hall–Kier alpha value is -4.16. The lowest BCUT2D eigenvalue weighted by Crippen LogP contribution is -2.33. The summed E-state index contributed by atoms with van der Waals surface area (Å²) in [6.07, 6.45) is -4.84. The molecule has 0 atom stereocenters. The monoisotopic (exact) mass is 536 g/mol. The summed E-state index contributed by atoms with van der Waals surface area (Å²) in [5.41, 5.74) is 7.79. The number of rotatable bonds is 5. The molecule has 0 aliphatic carbocycles. The lowest BCUT2D eigenvalue weighted by atomic mass is 10.0. The molecule has 2 heterocycles. The average molecular weight is 537 g/mol. The molecule has 1 aliphatic rings. The molecule has 8 nitrogen and oxygen atoms in total. The molecule has 0 saturated heterocycles. The number of amides is 2. The summed E-state index contributed by atoms with van der Waals surface area (Å²) in [5.74, 6) is -2.06. The fraction of sp³-hybridized carbons (Fsp3) is 0.320. The van der Waals surface area contributed by atoms with E-state index in [4.69, 9.17) is 5.73 Å². The number of anilines is 2. The van der Waals surface area contributed by atoms with E-state index >= 15 is 4.39 Å². The fourth-order valence-corrected chi connectivity index (χ4v) is 4.45. The first-order valence-corrected chi connectivity index (χ1v) is 11.6. The van der Waals surface area contributed by atoms with E-state index in [2.05, 4.69) is 20.1 Å². The van der Waals surface area contributed by atoms with Gasteiger partial charge < -0.3 is 15.8 Å². The second-order valence-corrected chi connectivity index (χ2v) is 8.90. The van der Waals surface area contributed by atoms with Crippen molar-refractivity contribution < 1.29 is 31.5 Å². The Morgan fingerprint density at radius 3 is 2.55 bits per heavy atom. The summed E-state index contributed by atoms with van der Waals surface area (Å²) in [4.78, 5) is 18.1. The van der Waals surface area contributed by atoms with Gasteiger partial charge in [0, 0.05) is 42.5 Å². The summed E-state index contributed by atoms with van der Waals surface area (Å²) in [6, 6.07) is 4.38. The van der Waals surface area contributed by atoms with Crippen molar-refractivity contribution in [3.8, 4) is 17.0 Å². The van der Waals surface area contributed by atoms with Crippen LogP contribution >= 0.6 is 0 Å². The highest BCUT2D eigenvalue weighted by Gasteiger charge is 2.33. The van der Waals surface area contributed by atoms with Crippen LogP contribution < -0.4 is 20.7 Å². The SMILES string of the molecule is CN=C(N)c1c(-c2ccc3c(c2F)CCN3C(=O)Nc2cc(OC(F)(F)F)ccc2F)nn(C(C)C)c1C. The molecule has 1 aromatic heterocycles. The Morgan fingerprint density at radius 1 is 1.21 bits per heavy atom. The lowest BCUT2D eigenvalue weighted by Gasteiger charge is -2.19. The summed E-state index contributed by atoms with van der Waals surface area (Å²) in [6.45, 7) is 5.73. The molecule has 0 saturated carbocycles. The second kappa shape index (κ2) is 9.95. The molecule has 1 aliphatic heterocycles. The van der Waals surface area contributed by atoms with Crippen LogP contribution in [0.25, 0.3) is 11.3 Å². The van der Waals surface area contributed by atoms with Crippen molar-refractivity contribution in [3.63, 3.8) is 0 Å². The molecule has 0 bridgehead atoms. The van der Waals surface area contributed by atoms with E-state index in [0.29, 0.717) is 11.3 Å². The minimum absolute atomic E-state index is 0.0238. The smallest absolute Gasteiger partial charge is 0.406 e. The minimum atomic E-state index is -4.99. The molecule has 3 aromatic rings. The Balaban J connectivity index is 1.67. The Kier molecular flexibility index (Phi) is 7.04. The maximum absolute atomic E-state index is 15.8. The number of amidine groups is 1. The predicted molar refractivity (Wildman–Crippen MR) is 133 cm³/mol. The number of carbonyl (C=O) groups is 1.